The highest BCUT2D eigenvalue weighted by atomic mass is 16.1. The molecule has 0 radical (unpaired) electrons. The molecule has 1 amide bonds. The summed E-state index contributed by atoms with van der Waals surface area (Å²) in [6.45, 7) is 1.63. The van der Waals surface area contributed by atoms with Gasteiger partial charge in [-0.3, -0.25) is 4.79 Å². The van der Waals surface area contributed by atoms with E-state index in [1.807, 2.05) is 31.3 Å². The summed E-state index contributed by atoms with van der Waals surface area (Å²) in [4.78, 5) is 14.4. The fourth-order valence-electron chi connectivity index (χ4n) is 2.76. The largest absolute Gasteiger partial charge is 0.388 e. The summed E-state index contributed by atoms with van der Waals surface area (Å²) >= 11 is 0. The normalized spacial score (nSPS) is 15.6. The topological polar surface area (TPSA) is 44.4 Å². The van der Waals surface area contributed by atoms with Crippen LogP contribution in [0.25, 0.3) is 0 Å². The predicted molar refractivity (Wildman–Crippen MR) is 83.2 cm³/mol. The monoisotopic (exact) mass is 275 g/mol. The summed E-state index contributed by atoms with van der Waals surface area (Å²) < 4.78 is 0. The van der Waals surface area contributed by atoms with E-state index < -0.39 is 0 Å². The first kappa shape index (κ1) is 14.9. The van der Waals surface area contributed by atoms with Gasteiger partial charge in [-0.2, -0.15) is 0 Å². The Morgan fingerprint density at radius 3 is 2.50 bits per heavy atom. The Morgan fingerprint density at radius 2 is 1.90 bits per heavy atom. The first-order valence-electron chi connectivity index (χ1n) is 7.47. The molecule has 0 bridgehead atoms. The molecule has 0 heterocycles. The van der Waals surface area contributed by atoms with Gasteiger partial charge in [0.25, 0.3) is 5.91 Å². The van der Waals surface area contributed by atoms with E-state index in [1.54, 1.807) is 0 Å². The Hall–Kier alpha value is -1.55. The summed E-state index contributed by atoms with van der Waals surface area (Å²) in [6.07, 6.45) is 5.30. The van der Waals surface area contributed by atoms with Crippen LogP contribution >= 0.6 is 0 Å². The zero-order chi connectivity index (χ0) is 14.4. The number of carbonyl (C=O) groups is 1. The lowest BCUT2D eigenvalue weighted by atomic mass is 10.2. The molecule has 0 aliphatic heterocycles. The Bertz CT molecular complexity index is 424. The number of hydrogen-bond acceptors (Lipinski definition) is 3. The molecule has 0 aromatic heterocycles. The van der Waals surface area contributed by atoms with Gasteiger partial charge >= 0.3 is 0 Å². The van der Waals surface area contributed by atoms with Crippen molar-refractivity contribution in [1.29, 1.82) is 0 Å². The number of amides is 1. The number of likely N-dealkylation sites (N-methyl/N-ethyl adjacent to an activating group) is 1. The lowest BCUT2D eigenvalue weighted by Gasteiger charge is -2.23. The molecule has 2 rings (SSSR count). The zero-order valence-electron chi connectivity index (χ0n) is 12.5. The predicted octanol–water partition coefficient (Wildman–Crippen LogP) is 2.33. The molecule has 1 fully saturated rings. The molecule has 0 atom stereocenters. The third-order valence-electron chi connectivity index (χ3n) is 4.13. The molecule has 1 aromatic carbocycles. The van der Waals surface area contributed by atoms with E-state index in [0.29, 0.717) is 18.2 Å². The molecule has 0 spiro atoms. The van der Waals surface area contributed by atoms with E-state index in [4.69, 9.17) is 0 Å². The quantitative estimate of drug-likeness (QED) is 0.837. The highest BCUT2D eigenvalue weighted by Gasteiger charge is 2.19. The minimum atomic E-state index is 0.00692. The maximum atomic E-state index is 12.0. The molecule has 4 nitrogen and oxygen atoms in total. The molecule has 1 saturated carbocycles. The third-order valence-corrected chi connectivity index (χ3v) is 4.13. The van der Waals surface area contributed by atoms with Gasteiger partial charge in [0, 0.05) is 37.4 Å². The number of nitrogens with zero attached hydrogens (tertiary/aromatic N) is 1. The van der Waals surface area contributed by atoms with Crippen LogP contribution in [0.2, 0.25) is 0 Å². The summed E-state index contributed by atoms with van der Waals surface area (Å²) in [7, 11) is 4.03. The van der Waals surface area contributed by atoms with E-state index >= 15 is 0 Å². The van der Waals surface area contributed by atoms with Crippen LogP contribution in [0.3, 0.4) is 0 Å². The van der Waals surface area contributed by atoms with Gasteiger partial charge in [0.1, 0.15) is 0 Å². The average molecular weight is 275 g/mol. The van der Waals surface area contributed by atoms with Crippen molar-refractivity contribution in [3.8, 4) is 0 Å². The van der Waals surface area contributed by atoms with E-state index in [2.05, 4.69) is 22.6 Å². The van der Waals surface area contributed by atoms with Crippen LogP contribution in [-0.4, -0.2) is 44.0 Å². The van der Waals surface area contributed by atoms with Crippen LogP contribution in [0, 0.1) is 0 Å². The highest BCUT2D eigenvalue weighted by molar-refractivity contribution is 5.94. The van der Waals surface area contributed by atoms with Crippen LogP contribution in [0.4, 0.5) is 5.69 Å². The second kappa shape index (κ2) is 7.29. The Kier molecular flexibility index (Phi) is 5.41. The smallest absolute Gasteiger partial charge is 0.251 e. The fourth-order valence-corrected chi connectivity index (χ4v) is 2.76. The molecule has 0 saturated heterocycles. The van der Waals surface area contributed by atoms with Gasteiger partial charge in [-0.05, 0) is 44.2 Å². The van der Waals surface area contributed by atoms with Crippen LogP contribution < -0.4 is 10.6 Å². The van der Waals surface area contributed by atoms with Crippen molar-refractivity contribution in [3.05, 3.63) is 29.8 Å². The average Bonchev–Trinajstić information content (AvgIpc) is 3.01. The van der Waals surface area contributed by atoms with E-state index in [0.717, 1.165) is 12.2 Å². The first-order chi connectivity index (χ1) is 9.70. The minimum absolute atomic E-state index is 0.00692. The summed E-state index contributed by atoms with van der Waals surface area (Å²) in [6, 6.07) is 8.24. The van der Waals surface area contributed by atoms with Crippen molar-refractivity contribution in [2.45, 2.75) is 31.7 Å². The van der Waals surface area contributed by atoms with Crippen molar-refractivity contribution < 1.29 is 4.79 Å². The van der Waals surface area contributed by atoms with Crippen molar-refractivity contribution in [2.24, 2.45) is 0 Å². The first-order valence-corrected chi connectivity index (χ1v) is 7.47. The van der Waals surface area contributed by atoms with Gasteiger partial charge in [-0.15, -0.1) is 0 Å². The second-order valence-corrected chi connectivity index (χ2v) is 5.50. The van der Waals surface area contributed by atoms with E-state index in [9.17, 15) is 4.79 Å². The standard InChI is InChI=1S/C16H25N3O/c1-17-14-9-7-13(8-10-14)16(20)18-11-12-19(2)15-5-3-4-6-15/h7-10,15,17H,3-6,11-12H2,1-2H3,(H,18,20). The SMILES string of the molecule is CNc1ccc(C(=O)NCCN(C)C2CCCC2)cc1. The van der Waals surface area contributed by atoms with Gasteiger partial charge in [0.05, 0.1) is 0 Å². The van der Waals surface area contributed by atoms with Crippen LogP contribution in [0.15, 0.2) is 24.3 Å². The van der Waals surface area contributed by atoms with Crippen LogP contribution in [-0.2, 0) is 0 Å². The zero-order valence-corrected chi connectivity index (χ0v) is 12.5. The molecule has 1 aliphatic carbocycles. The summed E-state index contributed by atoms with van der Waals surface area (Å²) in [5.74, 6) is 0.00692. The van der Waals surface area contributed by atoms with Crippen molar-refractivity contribution in [3.63, 3.8) is 0 Å². The highest BCUT2D eigenvalue weighted by Crippen LogP contribution is 2.21. The number of hydrogen-bond donors (Lipinski definition) is 2. The number of nitrogens with one attached hydrogen (secondary N) is 2. The molecule has 1 aromatic rings. The fraction of sp³-hybridized carbons (Fsp3) is 0.562. The molecule has 1 aliphatic rings. The molecule has 110 valence electrons. The van der Waals surface area contributed by atoms with E-state index in [-0.39, 0.29) is 5.91 Å². The van der Waals surface area contributed by atoms with E-state index in [1.165, 1.54) is 25.7 Å². The lowest BCUT2D eigenvalue weighted by Crippen LogP contribution is -2.37. The molecule has 0 unspecified atom stereocenters. The maximum Gasteiger partial charge on any atom is 0.251 e. The molecular weight excluding hydrogens is 250 g/mol. The van der Waals surface area contributed by atoms with Crippen molar-refractivity contribution in [2.75, 3.05) is 32.5 Å². The number of rotatable bonds is 6. The molecule has 20 heavy (non-hydrogen) atoms. The molecule has 2 N–H and O–H groups in total. The molecular formula is C16H25N3O. The van der Waals surface area contributed by atoms with Gasteiger partial charge in [0.15, 0.2) is 0 Å². The van der Waals surface area contributed by atoms with Crippen LogP contribution in [0.5, 0.6) is 0 Å². The Balaban J connectivity index is 1.73. The van der Waals surface area contributed by atoms with Gasteiger partial charge in [-0.1, -0.05) is 12.8 Å². The van der Waals surface area contributed by atoms with Crippen molar-refractivity contribution in [1.82, 2.24) is 10.2 Å². The number of benzene rings is 1. The van der Waals surface area contributed by atoms with Gasteiger partial charge in [-0.25, -0.2) is 0 Å². The second-order valence-electron chi connectivity index (χ2n) is 5.50. The lowest BCUT2D eigenvalue weighted by molar-refractivity contribution is 0.0947. The van der Waals surface area contributed by atoms with Crippen molar-refractivity contribution >= 4 is 11.6 Å². The summed E-state index contributed by atoms with van der Waals surface area (Å²) in [5, 5.41) is 6.03. The Labute approximate surface area is 121 Å². The number of carbonyl (C=O) groups excluding carboxylic acids is 1. The van der Waals surface area contributed by atoms with Gasteiger partial charge in [0.2, 0.25) is 0 Å². The third kappa shape index (κ3) is 3.97. The Morgan fingerprint density at radius 1 is 1.25 bits per heavy atom. The van der Waals surface area contributed by atoms with Gasteiger partial charge < -0.3 is 15.5 Å². The molecule has 4 heteroatoms. The maximum absolute atomic E-state index is 12.0. The van der Waals surface area contributed by atoms with Crippen LogP contribution in [0.1, 0.15) is 36.0 Å². The minimum Gasteiger partial charge on any atom is -0.388 e. The summed E-state index contributed by atoms with van der Waals surface area (Å²) in [5.41, 5.74) is 1.73. The number of anilines is 1.